The summed E-state index contributed by atoms with van der Waals surface area (Å²) in [6.07, 6.45) is 0. The van der Waals surface area contributed by atoms with Gasteiger partial charge in [0.1, 0.15) is 0 Å². The predicted molar refractivity (Wildman–Crippen MR) is 119 cm³/mol. The Kier molecular flexibility index (Phi) is 7.60. The van der Waals surface area contributed by atoms with Gasteiger partial charge in [-0.1, -0.05) is 35.9 Å². The number of anilines is 1. The molecule has 0 heterocycles. The van der Waals surface area contributed by atoms with E-state index in [2.05, 4.69) is 15.5 Å². The highest BCUT2D eigenvalue weighted by Crippen LogP contribution is 2.40. The number of non-ortho nitro benzene ring substituents is 1. The highest BCUT2D eigenvalue weighted by Gasteiger charge is 2.23. The first-order valence-corrected chi connectivity index (χ1v) is 9.78. The molecule has 0 unspecified atom stereocenters. The highest BCUT2D eigenvalue weighted by atomic mass is 35.5. The van der Waals surface area contributed by atoms with Gasteiger partial charge in [0.05, 0.1) is 46.4 Å². The van der Waals surface area contributed by atoms with E-state index in [1.54, 1.807) is 12.1 Å². The molecule has 0 amide bonds. The molecule has 3 rings (SSSR count). The van der Waals surface area contributed by atoms with Gasteiger partial charge in [-0.25, -0.2) is 0 Å². The Labute approximate surface area is 186 Å². The van der Waals surface area contributed by atoms with Gasteiger partial charge in [0.2, 0.25) is 0 Å². The standard InChI is InChI=1S/C20H18ClN5O6/c21-16-11-13(25(28)29)12-19(26(30)31)20(16)24-23-18-6-5-17(22-7-9-32-10-8-27)14-3-1-2-4-15(14)18/h1-6,11-12,22,27H,7-10H2. The zero-order valence-corrected chi connectivity index (χ0v) is 17.4. The molecule has 166 valence electrons. The molecule has 3 aromatic rings. The maximum atomic E-state index is 11.4. The third-order valence-corrected chi connectivity index (χ3v) is 4.68. The minimum absolute atomic E-state index is 0.0421. The average Bonchev–Trinajstić information content (AvgIpc) is 2.78. The molecule has 0 fully saturated rings. The van der Waals surface area contributed by atoms with E-state index in [1.165, 1.54) is 0 Å². The summed E-state index contributed by atoms with van der Waals surface area (Å²) in [6.45, 7) is 1.16. The topological polar surface area (TPSA) is 152 Å². The van der Waals surface area contributed by atoms with E-state index in [0.717, 1.165) is 28.6 Å². The smallest absolute Gasteiger partial charge is 0.305 e. The lowest BCUT2D eigenvalue weighted by molar-refractivity contribution is -0.393. The number of halogens is 1. The number of rotatable bonds is 10. The van der Waals surface area contributed by atoms with Crippen LogP contribution in [0.4, 0.5) is 28.4 Å². The fourth-order valence-corrected chi connectivity index (χ4v) is 3.21. The summed E-state index contributed by atoms with van der Waals surface area (Å²) < 4.78 is 5.24. The summed E-state index contributed by atoms with van der Waals surface area (Å²) in [5.74, 6) is 0. The van der Waals surface area contributed by atoms with Crippen molar-refractivity contribution in [3.63, 3.8) is 0 Å². The molecule has 0 aliphatic heterocycles. The zero-order valence-electron chi connectivity index (χ0n) is 16.6. The number of nitrogens with zero attached hydrogens (tertiary/aromatic N) is 4. The molecule has 0 radical (unpaired) electrons. The molecule has 0 bridgehead atoms. The van der Waals surface area contributed by atoms with Crippen molar-refractivity contribution < 1.29 is 19.7 Å². The molecule has 0 atom stereocenters. The van der Waals surface area contributed by atoms with E-state index in [9.17, 15) is 20.2 Å². The van der Waals surface area contributed by atoms with Crippen molar-refractivity contribution in [1.82, 2.24) is 0 Å². The average molecular weight is 460 g/mol. The SMILES string of the molecule is O=[N+]([O-])c1cc(Cl)c(N=Nc2ccc(NCCOCCO)c3ccccc23)c([N+](=O)[O-])c1. The largest absolute Gasteiger partial charge is 0.394 e. The van der Waals surface area contributed by atoms with Crippen LogP contribution < -0.4 is 5.32 Å². The molecule has 0 saturated heterocycles. The van der Waals surface area contributed by atoms with Crippen LogP contribution in [-0.2, 0) is 4.74 Å². The molecule has 3 aromatic carbocycles. The van der Waals surface area contributed by atoms with Crippen molar-refractivity contribution in [2.45, 2.75) is 0 Å². The maximum Gasteiger partial charge on any atom is 0.305 e. The van der Waals surface area contributed by atoms with Crippen LogP contribution in [-0.4, -0.2) is 41.3 Å². The number of aliphatic hydroxyl groups excluding tert-OH is 1. The fourth-order valence-electron chi connectivity index (χ4n) is 2.97. The number of nitro benzene ring substituents is 2. The first kappa shape index (κ1) is 23.0. The Morgan fingerprint density at radius 3 is 2.44 bits per heavy atom. The van der Waals surface area contributed by atoms with Crippen LogP contribution in [0.3, 0.4) is 0 Å². The van der Waals surface area contributed by atoms with Crippen molar-refractivity contribution in [1.29, 1.82) is 0 Å². The molecule has 11 nitrogen and oxygen atoms in total. The summed E-state index contributed by atoms with van der Waals surface area (Å²) in [6, 6.07) is 12.6. The fraction of sp³-hybridized carbons (Fsp3) is 0.200. The summed E-state index contributed by atoms with van der Waals surface area (Å²) in [5.41, 5.74) is -0.129. The monoisotopic (exact) mass is 459 g/mol. The van der Waals surface area contributed by atoms with Gasteiger partial charge < -0.3 is 15.2 Å². The highest BCUT2D eigenvalue weighted by molar-refractivity contribution is 6.33. The third-order valence-electron chi connectivity index (χ3n) is 4.39. The van der Waals surface area contributed by atoms with Gasteiger partial charge in [-0.3, -0.25) is 20.2 Å². The van der Waals surface area contributed by atoms with Crippen molar-refractivity contribution in [3.05, 3.63) is 73.8 Å². The van der Waals surface area contributed by atoms with Crippen molar-refractivity contribution in [2.24, 2.45) is 10.2 Å². The molecule has 2 N–H and O–H groups in total. The Bertz CT molecular complexity index is 1190. The number of hydrogen-bond acceptors (Lipinski definition) is 9. The number of hydrogen-bond donors (Lipinski definition) is 2. The first-order chi connectivity index (χ1) is 15.4. The van der Waals surface area contributed by atoms with Gasteiger partial charge in [0.15, 0.2) is 5.69 Å². The number of azo groups is 1. The van der Waals surface area contributed by atoms with Crippen LogP contribution in [0.2, 0.25) is 5.02 Å². The van der Waals surface area contributed by atoms with Crippen LogP contribution in [0, 0.1) is 20.2 Å². The third kappa shape index (κ3) is 5.32. The molecule has 0 saturated carbocycles. The van der Waals surface area contributed by atoms with E-state index < -0.39 is 21.2 Å². The van der Waals surface area contributed by atoms with Gasteiger partial charge in [-0.15, -0.1) is 10.2 Å². The van der Waals surface area contributed by atoms with Crippen molar-refractivity contribution >= 4 is 50.8 Å². The van der Waals surface area contributed by atoms with Crippen molar-refractivity contribution in [2.75, 3.05) is 31.7 Å². The molecular formula is C20H18ClN5O6. The van der Waals surface area contributed by atoms with Crippen molar-refractivity contribution in [3.8, 4) is 0 Å². The zero-order chi connectivity index (χ0) is 23.1. The lowest BCUT2D eigenvalue weighted by Gasteiger charge is -2.11. The maximum absolute atomic E-state index is 11.4. The number of nitro groups is 2. The van der Waals surface area contributed by atoms with Crippen LogP contribution in [0.25, 0.3) is 10.8 Å². The van der Waals surface area contributed by atoms with E-state index in [0.29, 0.717) is 18.8 Å². The van der Waals surface area contributed by atoms with E-state index in [4.69, 9.17) is 21.4 Å². The Balaban J connectivity index is 1.94. The summed E-state index contributed by atoms with van der Waals surface area (Å²) >= 11 is 6.03. The summed E-state index contributed by atoms with van der Waals surface area (Å²) in [4.78, 5) is 20.8. The molecule has 0 aliphatic rings. The van der Waals surface area contributed by atoms with Crippen LogP contribution in [0.1, 0.15) is 0 Å². The molecule has 12 heteroatoms. The number of nitrogens with one attached hydrogen (secondary N) is 1. The molecular weight excluding hydrogens is 442 g/mol. The minimum Gasteiger partial charge on any atom is -0.394 e. The Morgan fingerprint density at radius 1 is 1.00 bits per heavy atom. The number of benzene rings is 3. The first-order valence-electron chi connectivity index (χ1n) is 9.40. The van der Waals surface area contributed by atoms with Crippen LogP contribution >= 0.6 is 11.6 Å². The van der Waals surface area contributed by atoms with Gasteiger partial charge in [-0.2, -0.15) is 0 Å². The van der Waals surface area contributed by atoms with Gasteiger partial charge >= 0.3 is 5.69 Å². The van der Waals surface area contributed by atoms with Gasteiger partial charge in [0.25, 0.3) is 5.69 Å². The summed E-state index contributed by atoms with van der Waals surface area (Å²) in [7, 11) is 0. The van der Waals surface area contributed by atoms with E-state index in [-0.39, 0.29) is 23.9 Å². The predicted octanol–water partition coefficient (Wildman–Crippen LogP) is 5.15. The van der Waals surface area contributed by atoms with Gasteiger partial charge in [-0.05, 0) is 12.1 Å². The lowest BCUT2D eigenvalue weighted by atomic mass is 10.1. The number of ether oxygens (including phenoxy) is 1. The Morgan fingerprint density at radius 2 is 1.75 bits per heavy atom. The Hall–Kier alpha value is -3.67. The minimum atomic E-state index is -0.794. The summed E-state index contributed by atoms with van der Waals surface area (Å²) in [5, 5.41) is 43.7. The molecule has 32 heavy (non-hydrogen) atoms. The second-order valence-corrected chi connectivity index (χ2v) is 6.86. The van der Waals surface area contributed by atoms with E-state index >= 15 is 0 Å². The normalized spacial score (nSPS) is 11.2. The quantitative estimate of drug-likeness (QED) is 0.184. The second kappa shape index (κ2) is 10.6. The van der Waals surface area contributed by atoms with Crippen LogP contribution in [0.5, 0.6) is 0 Å². The van der Waals surface area contributed by atoms with E-state index in [1.807, 2.05) is 24.3 Å². The number of aliphatic hydroxyl groups is 1. The van der Waals surface area contributed by atoms with Gasteiger partial charge in [0, 0.05) is 29.1 Å². The molecule has 0 aromatic heterocycles. The second-order valence-electron chi connectivity index (χ2n) is 6.45. The molecule has 0 spiro atoms. The molecule has 0 aliphatic carbocycles. The lowest BCUT2D eigenvalue weighted by Crippen LogP contribution is -2.11. The van der Waals surface area contributed by atoms with Crippen LogP contribution in [0.15, 0.2) is 58.8 Å². The number of fused-ring (bicyclic) bond motifs is 1.